The van der Waals surface area contributed by atoms with Gasteiger partial charge in [-0.15, -0.1) is 0 Å². The number of hydrogen-bond acceptors (Lipinski definition) is 8. The topological polar surface area (TPSA) is 71.3 Å². The Morgan fingerprint density at radius 1 is 0.277 bits per heavy atom. The third-order valence-electron chi connectivity index (χ3n) is 26.1. The van der Waals surface area contributed by atoms with Crippen LogP contribution in [0.1, 0.15) is 210 Å². The Bertz CT molecular complexity index is 6870. The van der Waals surface area contributed by atoms with Gasteiger partial charge in [0.05, 0.1) is 50.6 Å². The monoisotopic (exact) mass is 2010 g/mol. The molecule has 0 spiro atoms. The lowest BCUT2D eigenvalue weighted by Crippen LogP contribution is -2.15. The molecule has 25 heteroatoms. The largest absolute Gasteiger partial charge is 0.291 e. The molecular weight excluding hydrogens is 1910 g/mol. The summed E-state index contributed by atoms with van der Waals surface area (Å²) in [6.45, 7) is 15.7. The highest BCUT2D eigenvalue weighted by molar-refractivity contribution is 7.99. The van der Waals surface area contributed by atoms with Crippen LogP contribution < -0.4 is 0 Å². The smallest absolute Gasteiger partial charge is 0.173 e. The predicted molar refractivity (Wildman–Crippen MR) is 546 cm³/mol. The quantitative estimate of drug-likeness (QED) is 0.0552. The van der Waals surface area contributed by atoms with Crippen molar-refractivity contribution in [1.82, 2.24) is 38.2 Å². The number of thioether (sulfide) groups is 4. The first-order valence-corrected chi connectivity index (χ1v) is 51.6. The van der Waals surface area contributed by atoms with Gasteiger partial charge in [0.25, 0.3) is 0 Å². The number of hydrogen-bond donors (Lipinski definition) is 0. The second-order valence-electron chi connectivity index (χ2n) is 35.4. The maximum absolute atomic E-state index is 14.6. The molecule has 137 heavy (non-hydrogen) atoms. The minimum Gasteiger partial charge on any atom is -0.291 e. The standard InChI is InChI=1S/C28H24Cl2F2N2S.3C28H25ClF2N2S/c1-16-6-13-24(32)22(26(16)30)15-35-28-33-25-5-3-4-21(18-7-12-23(29)17(2)14-18)27(25)34(28)20-10-8-19(31)9-11-20;2*1-17-5-3-7-25(31)23(17)16-34-28-32-26-8-4-6-22(19-9-14-24(29)18(2)15-19)27(26)33(28)21-12-10-20(30)11-13-21;1-17-6-13-25(31)20(14-17)16-34-28-32-26-5-3-4-23(19-7-12-24(29)18(2)15-19)27(26)33(28)22-10-8-21(30)9-11-22/h6-14,21H,3-5,15H2,1-2H3;2*3,5,7,9-15,22H,4,6,8,16H2,1-2H3;6-15,23H,3-5,16H2,1-2H3. The Hall–Kier alpha value is -10.2. The second kappa shape index (κ2) is 43.7. The highest BCUT2D eigenvalue weighted by Gasteiger charge is 2.37. The molecule has 4 heterocycles. The molecule has 20 rings (SSSR count). The van der Waals surface area contributed by atoms with Gasteiger partial charge in [-0.1, -0.05) is 202 Å². The first kappa shape index (κ1) is 98.4. The SMILES string of the molecule is Cc1cc(C2CCCc3nc(SCc4c(C)cccc4F)n(-c4ccc(F)cc4)c32)ccc1Cl.Cc1cc(C2CCCc3nc(SCc4c(C)cccc4F)n(-c4ccc(F)cc4)c32)ccc1Cl.Cc1cc(C2CCCc3nc(SCc4c(F)ccc(C)c4Cl)n(-c4ccc(F)cc4)c32)ccc1Cl.Cc1ccc(F)c(CSc2nc3c(n2-c2ccc(F)cc2)C(c2ccc(Cl)c(C)c2)CCC3)c1. The number of nitrogens with zero attached hydrogens (tertiary/aromatic N) is 8. The number of aryl methyl sites for hydroxylation is 12. The summed E-state index contributed by atoms with van der Waals surface area (Å²) in [5, 5.41) is 6.59. The zero-order chi connectivity index (χ0) is 96.1. The average Bonchev–Trinajstić information content (AvgIpc) is 1.63. The van der Waals surface area contributed by atoms with E-state index in [-0.39, 0.29) is 70.2 Å². The van der Waals surface area contributed by atoms with Crippen LogP contribution in [0.5, 0.6) is 0 Å². The summed E-state index contributed by atoms with van der Waals surface area (Å²) in [5.41, 5.74) is 27.2. The highest BCUT2D eigenvalue weighted by atomic mass is 35.5. The van der Waals surface area contributed by atoms with Crippen molar-refractivity contribution < 1.29 is 35.1 Å². The van der Waals surface area contributed by atoms with Gasteiger partial charge in [0.1, 0.15) is 46.5 Å². The van der Waals surface area contributed by atoms with Gasteiger partial charge >= 0.3 is 0 Å². The average molecular weight is 2010 g/mol. The predicted octanol–water partition coefficient (Wildman–Crippen LogP) is 33.4. The van der Waals surface area contributed by atoms with E-state index in [1.54, 1.807) is 72.8 Å². The Morgan fingerprint density at radius 2 is 0.555 bits per heavy atom. The van der Waals surface area contributed by atoms with E-state index in [0.29, 0.717) is 50.3 Å². The maximum Gasteiger partial charge on any atom is 0.173 e. The molecule has 4 atom stereocenters. The molecule has 4 unspecified atom stereocenters. The number of halogens is 13. The van der Waals surface area contributed by atoms with Crippen LogP contribution >= 0.6 is 105 Å². The van der Waals surface area contributed by atoms with Crippen LogP contribution in [0.4, 0.5) is 35.1 Å². The lowest BCUT2D eigenvalue weighted by atomic mass is 9.83. The van der Waals surface area contributed by atoms with Crippen molar-refractivity contribution in [3.63, 3.8) is 0 Å². The normalized spacial score (nSPS) is 15.4. The van der Waals surface area contributed by atoms with Crippen LogP contribution in [0.25, 0.3) is 22.7 Å². The number of imidazole rings is 4. The molecule has 12 aromatic carbocycles. The van der Waals surface area contributed by atoms with E-state index in [9.17, 15) is 35.1 Å². The van der Waals surface area contributed by atoms with Gasteiger partial charge in [0.15, 0.2) is 20.6 Å². The summed E-state index contributed by atoms with van der Waals surface area (Å²) < 4.78 is 122. The number of fused-ring (bicyclic) bond motifs is 4. The molecule has 4 aliphatic carbocycles. The van der Waals surface area contributed by atoms with Crippen LogP contribution in [0.15, 0.2) is 257 Å². The molecule has 0 saturated heterocycles. The fourth-order valence-electron chi connectivity index (χ4n) is 18.9. The molecule has 16 aromatic rings. The van der Waals surface area contributed by atoms with E-state index < -0.39 is 0 Å². The molecule has 0 radical (unpaired) electrons. The van der Waals surface area contributed by atoms with E-state index >= 15 is 0 Å². The zero-order valence-electron chi connectivity index (χ0n) is 76.8. The Morgan fingerprint density at radius 3 is 0.847 bits per heavy atom. The van der Waals surface area contributed by atoms with Crippen LogP contribution in [-0.4, -0.2) is 38.2 Å². The van der Waals surface area contributed by atoms with Crippen molar-refractivity contribution in [1.29, 1.82) is 0 Å². The lowest BCUT2D eigenvalue weighted by Gasteiger charge is -2.25. The van der Waals surface area contributed by atoms with Gasteiger partial charge in [0, 0.05) is 106 Å². The van der Waals surface area contributed by atoms with Gasteiger partial charge in [-0.3, -0.25) is 18.3 Å². The maximum atomic E-state index is 14.6. The van der Waals surface area contributed by atoms with E-state index in [2.05, 4.69) is 66.8 Å². The molecule has 0 N–H and O–H groups in total. The minimum atomic E-state index is -0.327. The van der Waals surface area contributed by atoms with Gasteiger partial charge in [-0.05, 0) is 345 Å². The van der Waals surface area contributed by atoms with Crippen molar-refractivity contribution in [2.45, 2.75) is 200 Å². The molecule has 4 aliphatic rings. The minimum absolute atomic E-state index is 0.126. The fraction of sp³-hybridized carbons (Fsp3) is 0.250. The molecule has 0 fully saturated rings. The Balaban J connectivity index is 0.000000127. The summed E-state index contributed by atoms with van der Waals surface area (Å²) in [5.74, 6) is 0.269. The molecule has 4 aromatic heterocycles. The summed E-state index contributed by atoms with van der Waals surface area (Å²) in [6, 6.07) is 69.4. The van der Waals surface area contributed by atoms with E-state index in [0.717, 1.165) is 231 Å². The van der Waals surface area contributed by atoms with Crippen LogP contribution in [-0.2, 0) is 48.7 Å². The van der Waals surface area contributed by atoms with Crippen molar-refractivity contribution >= 4 is 105 Å². The summed E-state index contributed by atoms with van der Waals surface area (Å²) in [6.07, 6.45) is 11.6. The fourth-order valence-corrected chi connectivity index (χ4v) is 24.1. The van der Waals surface area contributed by atoms with Crippen molar-refractivity contribution in [3.8, 4) is 22.7 Å². The van der Waals surface area contributed by atoms with Gasteiger partial charge in [0.2, 0.25) is 0 Å². The van der Waals surface area contributed by atoms with Crippen molar-refractivity contribution in [2.24, 2.45) is 0 Å². The van der Waals surface area contributed by atoms with Crippen LogP contribution in [0, 0.1) is 102 Å². The molecule has 0 aliphatic heterocycles. The molecular formula is C112H99Cl5F8N8S4. The first-order chi connectivity index (χ1) is 66.1. The first-order valence-electron chi connectivity index (χ1n) is 45.8. The van der Waals surface area contributed by atoms with Gasteiger partial charge in [-0.2, -0.15) is 0 Å². The number of rotatable bonds is 20. The molecule has 0 amide bonds. The van der Waals surface area contributed by atoms with Crippen molar-refractivity contribution in [3.05, 3.63) is 443 Å². The highest BCUT2D eigenvalue weighted by Crippen LogP contribution is 2.49. The Labute approximate surface area is 836 Å². The number of aromatic nitrogens is 8. The van der Waals surface area contributed by atoms with Crippen LogP contribution in [0.3, 0.4) is 0 Å². The molecule has 0 bridgehead atoms. The van der Waals surface area contributed by atoms with Gasteiger partial charge < -0.3 is 0 Å². The molecule has 702 valence electrons. The molecule has 0 saturated carbocycles. The lowest BCUT2D eigenvalue weighted by molar-refractivity contribution is 0.586. The van der Waals surface area contributed by atoms with Gasteiger partial charge in [-0.25, -0.2) is 55.1 Å². The zero-order valence-corrected chi connectivity index (χ0v) is 83.8. The summed E-state index contributed by atoms with van der Waals surface area (Å²) in [7, 11) is 0. The summed E-state index contributed by atoms with van der Waals surface area (Å²) >= 11 is 37.7. The van der Waals surface area contributed by atoms with Crippen LogP contribution in [0.2, 0.25) is 25.1 Å². The van der Waals surface area contributed by atoms with E-state index in [4.69, 9.17) is 77.9 Å². The second-order valence-corrected chi connectivity index (χ2v) is 41.2. The molecule has 8 nitrogen and oxygen atoms in total. The van der Waals surface area contributed by atoms with E-state index in [1.165, 1.54) is 142 Å². The van der Waals surface area contributed by atoms with E-state index in [1.807, 2.05) is 97.9 Å². The van der Waals surface area contributed by atoms with Crippen molar-refractivity contribution in [2.75, 3.05) is 0 Å². The summed E-state index contributed by atoms with van der Waals surface area (Å²) in [4.78, 5) is 20.1. The third kappa shape index (κ3) is 22.0. The number of benzene rings is 12. The Kier molecular flexibility index (Phi) is 31.4. The third-order valence-corrected chi connectivity index (χ3v) is 32.2.